The van der Waals surface area contributed by atoms with Crippen molar-refractivity contribution in [1.29, 1.82) is 0 Å². The first-order chi connectivity index (χ1) is 24.2. The van der Waals surface area contributed by atoms with E-state index >= 15 is 0 Å². The molecule has 2 aromatic carbocycles. The van der Waals surface area contributed by atoms with Crippen molar-refractivity contribution in [3.63, 3.8) is 0 Å². The number of benzene rings is 2. The zero-order valence-corrected chi connectivity index (χ0v) is 27.9. The van der Waals surface area contributed by atoms with Gasteiger partial charge in [-0.15, -0.1) is 0 Å². The Balaban J connectivity index is 0.000000174. The van der Waals surface area contributed by atoms with Crippen LogP contribution in [0.25, 0.3) is 22.1 Å². The Labute approximate surface area is 288 Å². The topological polar surface area (TPSA) is 145 Å². The first-order valence-corrected chi connectivity index (χ1v) is 16.2. The molecule has 0 aliphatic heterocycles. The van der Waals surface area contributed by atoms with Crippen LogP contribution in [0.2, 0.25) is 0 Å². The molecule has 1 fully saturated rings. The molecule has 6 aromatic rings. The number of pyridine rings is 2. The summed E-state index contributed by atoms with van der Waals surface area (Å²) in [6.07, 6.45) is 7.88. The molecule has 1 aliphatic rings. The summed E-state index contributed by atoms with van der Waals surface area (Å²) in [5, 5.41) is 4.94. The standard InChI is InChI=1S/C19H19FN4O2.C15H12FN3O4S/c1-24-17-12(11-21-19(23-17)22-14-4-2-3-5-14)10-16(18(24)25)26-15-8-6-13(20)7-9-15;1-19-13-9(8-17-15(18-13)24-23-21-2)7-12(14(19)20)22-11-5-3-10(16)4-6-11/h6-11,14H,2-5H2,1H3,(H,21,22,23);3-8H,1-2H3. The molecule has 4 aromatic heterocycles. The third-order valence-corrected chi connectivity index (χ3v) is 8.31. The van der Waals surface area contributed by atoms with Crippen LogP contribution in [0.3, 0.4) is 0 Å². The molecule has 7 rings (SSSR count). The van der Waals surface area contributed by atoms with Crippen LogP contribution in [-0.4, -0.2) is 42.2 Å². The number of aryl methyl sites for hydroxylation is 2. The third kappa shape index (κ3) is 8.05. The first kappa shape index (κ1) is 34.4. The maximum absolute atomic E-state index is 13.0. The lowest BCUT2D eigenvalue weighted by Crippen LogP contribution is -2.21. The van der Waals surface area contributed by atoms with E-state index in [1.54, 1.807) is 32.6 Å². The average molecular weight is 704 g/mol. The number of halogens is 2. The van der Waals surface area contributed by atoms with Crippen molar-refractivity contribution in [2.75, 3.05) is 12.4 Å². The second kappa shape index (κ2) is 15.4. The SMILES string of the molecule is COOSc1ncc2cc(Oc3ccc(F)cc3)c(=O)n(C)c2n1.Cn1c(=O)c(Oc2ccc(F)cc2)cc2cnc(NC3CCCC3)nc21. The lowest BCUT2D eigenvalue weighted by atomic mass is 10.2. The van der Waals surface area contributed by atoms with E-state index in [0.29, 0.717) is 50.7 Å². The zero-order valence-electron chi connectivity index (χ0n) is 27.1. The summed E-state index contributed by atoms with van der Waals surface area (Å²) < 4.78 is 44.6. The fourth-order valence-electron chi connectivity index (χ4n) is 5.25. The Morgan fingerprint density at radius 2 is 1.26 bits per heavy atom. The van der Waals surface area contributed by atoms with Gasteiger partial charge in [0.2, 0.25) is 11.1 Å². The van der Waals surface area contributed by atoms with Crippen LogP contribution in [0.4, 0.5) is 14.7 Å². The summed E-state index contributed by atoms with van der Waals surface area (Å²) in [4.78, 5) is 46.7. The van der Waals surface area contributed by atoms with Crippen LogP contribution in [0, 0.1) is 11.6 Å². The fourth-order valence-corrected chi connectivity index (χ4v) is 5.60. The summed E-state index contributed by atoms with van der Waals surface area (Å²) in [5.41, 5.74) is 0.266. The Bertz CT molecular complexity index is 2250. The predicted molar refractivity (Wildman–Crippen MR) is 182 cm³/mol. The second-order valence-corrected chi connectivity index (χ2v) is 11.9. The molecule has 16 heteroatoms. The predicted octanol–water partition coefficient (Wildman–Crippen LogP) is 6.46. The molecule has 1 saturated carbocycles. The third-order valence-electron chi connectivity index (χ3n) is 7.76. The normalized spacial score (nSPS) is 12.9. The lowest BCUT2D eigenvalue weighted by molar-refractivity contribution is -0.160. The molecular weight excluding hydrogens is 672 g/mol. The van der Waals surface area contributed by atoms with Crippen LogP contribution >= 0.6 is 12.0 Å². The number of nitrogens with one attached hydrogen (secondary N) is 1. The van der Waals surface area contributed by atoms with E-state index in [1.807, 2.05) is 0 Å². The smallest absolute Gasteiger partial charge is 0.294 e. The number of aromatic nitrogens is 6. The summed E-state index contributed by atoms with van der Waals surface area (Å²) in [5.74, 6) is 0.773. The molecule has 0 unspecified atom stereocenters. The van der Waals surface area contributed by atoms with Gasteiger partial charge in [-0.1, -0.05) is 12.8 Å². The van der Waals surface area contributed by atoms with Crippen LogP contribution in [0.1, 0.15) is 25.7 Å². The number of anilines is 1. The van der Waals surface area contributed by atoms with Gasteiger partial charge in [0, 0.05) is 43.3 Å². The van der Waals surface area contributed by atoms with Crippen LogP contribution in [0.5, 0.6) is 23.0 Å². The number of nitrogens with zero attached hydrogens (tertiary/aromatic N) is 6. The van der Waals surface area contributed by atoms with E-state index in [2.05, 4.69) is 30.1 Å². The van der Waals surface area contributed by atoms with Crippen LogP contribution < -0.4 is 25.9 Å². The van der Waals surface area contributed by atoms with Crippen LogP contribution in [0.15, 0.2) is 87.8 Å². The summed E-state index contributed by atoms with van der Waals surface area (Å²) in [6, 6.07) is 14.4. The molecule has 258 valence electrons. The van der Waals surface area contributed by atoms with Crippen molar-refractivity contribution < 1.29 is 27.5 Å². The van der Waals surface area contributed by atoms with Gasteiger partial charge in [0.1, 0.15) is 46.5 Å². The van der Waals surface area contributed by atoms with E-state index < -0.39 is 0 Å². The van der Waals surface area contributed by atoms with E-state index in [1.165, 1.54) is 83.7 Å². The van der Waals surface area contributed by atoms with Gasteiger partial charge in [-0.2, -0.15) is 9.32 Å². The molecule has 13 nitrogen and oxygen atoms in total. The van der Waals surface area contributed by atoms with E-state index in [0.717, 1.165) is 24.9 Å². The van der Waals surface area contributed by atoms with Gasteiger partial charge >= 0.3 is 0 Å². The summed E-state index contributed by atoms with van der Waals surface area (Å²) in [7, 11) is 4.58. The maximum Gasteiger partial charge on any atom is 0.294 e. The highest BCUT2D eigenvalue weighted by molar-refractivity contribution is 7.94. The van der Waals surface area contributed by atoms with Crippen LogP contribution in [-0.2, 0) is 23.3 Å². The average Bonchev–Trinajstić information content (AvgIpc) is 3.64. The molecular formula is C34H31F2N7O6S. The van der Waals surface area contributed by atoms with Gasteiger partial charge in [-0.25, -0.2) is 28.6 Å². The zero-order chi connectivity index (χ0) is 35.2. The molecule has 0 amide bonds. The first-order valence-electron chi connectivity index (χ1n) is 15.4. The molecule has 1 aliphatic carbocycles. The monoisotopic (exact) mass is 703 g/mol. The van der Waals surface area contributed by atoms with Gasteiger partial charge in [0.05, 0.1) is 7.11 Å². The largest absolute Gasteiger partial charge is 0.452 e. The number of fused-ring (bicyclic) bond motifs is 2. The lowest BCUT2D eigenvalue weighted by Gasteiger charge is -2.13. The van der Waals surface area contributed by atoms with Gasteiger partial charge in [-0.3, -0.25) is 18.7 Å². The maximum atomic E-state index is 13.0. The molecule has 0 atom stereocenters. The minimum atomic E-state index is -0.384. The molecule has 0 bridgehead atoms. The van der Waals surface area contributed by atoms with Crippen molar-refractivity contribution >= 4 is 40.1 Å². The Morgan fingerprint density at radius 3 is 1.78 bits per heavy atom. The van der Waals surface area contributed by atoms with Gasteiger partial charge in [-0.05, 0) is 73.5 Å². The van der Waals surface area contributed by atoms with Gasteiger partial charge in [0.15, 0.2) is 11.5 Å². The highest BCUT2D eigenvalue weighted by atomic mass is 32.2. The summed E-state index contributed by atoms with van der Waals surface area (Å²) in [6.45, 7) is 0. The molecule has 0 saturated heterocycles. The molecule has 4 heterocycles. The highest BCUT2D eigenvalue weighted by Crippen LogP contribution is 2.25. The molecule has 50 heavy (non-hydrogen) atoms. The summed E-state index contributed by atoms with van der Waals surface area (Å²) >= 11 is 0.831. The quantitative estimate of drug-likeness (QED) is 0.0764. The molecule has 0 spiro atoms. The fraction of sp³-hybridized carbons (Fsp3) is 0.235. The van der Waals surface area contributed by atoms with Gasteiger partial charge < -0.3 is 14.8 Å². The van der Waals surface area contributed by atoms with Crippen molar-refractivity contribution in [2.45, 2.75) is 36.9 Å². The second-order valence-electron chi connectivity index (χ2n) is 11.2. The van der Waals surface area contributed by atoms with Crippen molar-refractivity contribution in [3.8, 4) is 23.0 Å². The highest BCUT2D eigenvalue weighted by Gasteiger charge is 2.17. The van der Waals surface area contributed by atoms with Crippen molar-refractivity contribution in [3.05, 3.63) is 105 Å². The number of hydrogen-bond acceptors (Lipinski definition) is 12. The molecule has 1 N–H and O–H groups in total. The Morgan fingerprint density at radius 1 is 0.760 bits per heavy atom. The number of rotatable bonds is 9. The van der Waals surface area contributed by atoms with E-state index in [-0.39, 0.29) is 34.3 Å². The Hall–Kier alpha value is -5.45. The Kier molecular flexibility index (Phi) is 10.6. The van der Waals surface area contributed by atoms with Crippen molar-refractivity contribution in [1.82, 2.24) is 29.1 Å². The number of ether oxygens (including phenoxy) is 2. The molecule has 0 radical (unpaired) electrons. The number of hydrogen-bond donors (Lipinski definition) is 1. The van der Waals surface area contributed by atoms with E-state index in [9.17, 15) is 18.4 Å². The van der Waals surface area contributed by atoms with E-state index in [4.69, 9.17) is 13.8 Å². The minimum absolute atomic E-state index is 0.0914. The van der Waals surface area contributed by atoms with Crippen molar-refractivity contribution in [2.24, 2.45) is 14.1 Å². The van der Waals surface area contributed by atoms with Gasteiger partial charge in [0.25, 0.3) is 11.1 Å². The minimum Gasteiger partial charge on any atom is -0.452 e.